The van der Waals surface area contributed by atoms with Crippen molar-refractivity contribution in [3.8, 4) is 5.75 Å². The molecule has 1 aliphatic heterocycles. The van der Waals surface area contributed by atoms with Crippen molar-refractivity contribution in [1.29, 1.82) is 0 Å². The Labute approximate surface area is 236 Å². The van der Waals surface area contributed by atoms with Crippen LogP contribution in [-0.2, 0) is 10.0 Å². The molecule has 4 aromatic rings. The van der Waals surface area contributed by atoms with Crippen molar-refractivity contribution in [3.63, 3.8) is 0 Å². The second-order valence-corrected chi connectivity index (χ2v) is 11.9. The quantitative estimate of drug-likeness (QED) is 0.289. The van der Waals surface area contributed by atoms with Crippen LogP contribution >= 0.6 is 11.3 Å². The van der Waals surface area contributed by atoms with E-state index in [2.05, 4.69) is 25.9 Å². The molecular formula is C28H30FN5O4S2. The molecule has 0 unspecified atom stereocenters. The highest BCUT2D eigenvalue weighted by Gasteiger charge is 2.21. The van der Waals surface area contributed by atoms with Crippen LogP contribution in [0.15, 0.2) is 71.6 Å². The van der Waals surface area contributed by atoms with Crippen molar-refractivity contribution in [2.75, 3.05) is 55.5 Å². The normalized spacial score (nSPS) is 14.3. The van der Waals surface area contributed by atoms with Crippen LogP contribution in [0.4, 0.5) is 15.2 Å². The summed E-state index contributed by atoms with van der Waals surface area (Å²) in [4.78, 5) is 22.1. The molecule has 9 nitrogen and oxygen atoms in total. The van der Waals surface area contributed by atoms with Crippen LogP contribution in [-0.4, -0.2) is 70.1 Å². The number of sulfonamides is 1. The number of thiazole rings is 1. The summed E-state index contributed by atoms with van der Waals surface area (Å²) in [5.41, 5.74) is 1.49. The topological polar surface area (TPSA) is 104 Å². The Morgan fingerprint density at radius 1 is 1.05 bits per heavy atom. The number of ether oxygens (including phenoxy) is 1. The summed E-state index contributed by atoms with van der Waals surface area (Å²) in [6, 6.07) is 16.8. The molecule has 1 amide bonds. The van der Waals surface area contributed by atoms with Crippen LogP contribution < -0.4 is 19.7 Å². The lowest BCUT2D eigenvalue weighted by Crippen LogP contribution is -2.48. The zero-order valence-corrected chi connectivity index (χ0v) is 23.6. The fraction of sp³-hybridized carbons (Fsp3) is 0.286. The van der Waals surface area contributed by atoms with Crippen LogP contribution in [0.2, 0.25) is 0 Å². The Morgan fingerprint density at radius 2 is 1.80 bits per heavy atom. The van der Waals surface area contributed by atoms with Gasteiger partial charge in [0.25, 0.3) is 15.9 Å². The number of anilines is 2. The first kappa shape index (κ1) is 27.8. The van der Waals surface area contributed by atoms with Crippen LogP contribution in [0.5, 0.6) is 5.75 Å². The van der Waals surface area contributed by atoms with Crippen molar-refractivity contribution >= 4 is 48.3 Å². The molecule has 5 rings (SSSR count). The molecule has 12 heteroatoms. The summed E-state index contributed by atoms with van der Waals surface area (Å²) in [6.07, 6.45) is 0. The lowest BCUT2D eigenvalue weighted by molar-refractivity contribution is 0.0947. The fourth-order valence-electron chi connectivity index (χ4n) is 4.46. The standard InChI is InChI=1S/C28H30FN5O4S2/c1-2-38-24-7-4-8-25-26(24)31-28(39-25)34-17-15-33(16-18-34)14-13-30-27(35)20-5-3-6-22(19-20)32-40(36,37)23-11-9-21(29)10-12-23/h3-12,19,32H,2,13-18H2,1H3,(H,30,35). The Kier molecular flexibility index (Phi) is 8.48. The number of nitrogens with zero attached hydrogens (tertiary/aromatic N) is 3. The molecule has 1 aliphatic rings. The summed E-state index contributed by atoms with van der Waals surface area (Å²) in [5.74, 6) is -0.00196. The van der Waals surface area contributed by atoms with Gasteiger partial charge in [0, 0.05) is 50.5 Å². The second-order valence-electron chi connectivity index (χ2n) is 9.26. The zero-order valence-electron chi connectivity index (χ0n) is 22.0. The predicted octanol–water partition coefficient (Wildman–Crippen LogP) is 4.19. The van der Waals surface area contributed by atoms with Crippen molar-refractivity contribution in [1.82, 2.24) is 15.2 Å². The highest BCUT2D eigenvalue weighted by molar-refractivity contribution is 7.92. The first-order valence-electron chi connectivity index (χ1n) is 13.0. The zero-order chi connectivity index (χ0) is 28.1. The number of piperazine rings is 1. The molecule has 1 saturated heterocycles. The van der Waals surface area contributed by atoms with Crippen LogP contribution in [0, 0.1) is 5.82 Å². The number of hydrogen-bond acceptors (Lipinski definition) is 8. The van der Waals surface area contributed by atoms with Gasteiger partial charge >= 0.3 is 0 Å². The Balaban J connectivity index is 1.10. The van der Waals surface area contributed by atoms with Gasteiger partial charge in [0.2, 0.25) is 0 Å². The lowest BCUT2D eigenvalue weighted by Gasteiger charge is -2.34. The third-order valence-corrected chi connectivity index (χ3v) is 9.01. The molecular weight excluding hydrogens is 553 g/mol. The molecule has 40 heavy (non-hydrogen) atoms. The van der Waals surface area contributed by atoms with Gasteiger partial charge in [-0.2, -0.15) is 0 Å². The summed E-state index contributed by atoms with van der Waals surface area (Å²) in [5, 5.41) is 3.91. The van der Waals surface area contributed by atoms with Crippen molar-refractivity contribution < 1.29 is 22.3 Å². The maximum absolute atomic E-state index is 13.2. The fourth-order valence-corrected chi connectivity index (χ4v) is 6.55. The monoisotopic (exact) mass is 583 g/mol. The number of carbonyl (C=O) groups is 1. The summed E-state index contributed by atoms with van der Waals surface area (Å²) in [6.45, 7) is 7.11. The lowest BCUT2D eigenvalue weighted by atomic mass is 10.2. The molecule has 0 aliphatic carbocycles. The van der Waals surface area contributed by atoms with Gasteiger partial charge in [-0.15, -0.1) is 0 Å². The van der Waals surface area contributed by atoms with E-state index < -0.39 is 15.8 Å². The number of para-hydroxylation sites is 1. The molecule has 2 heterocycles. The van der Waals surface area contributed by atoms with E-state index >= 15 is 0 Å². The highest BCUT2D eigenvalue weighted by Crippen LogP contribution is 2.34. The van der Waals surface area contributed by atoms with E-state index in [0.29, 0.717) is 25.3 Å². The van der Waals surface area contributed by atoms with E-state index in [1.807, 2.05) is 19.1 Å². The van der Waals surface area contributed by atoms with E-state index in [1.165, 1.54) is 18.2 Å². The van der Waals surface area contributed by atoms with Gasteiger partial charge in [-0.1, -0.05) is 23.5 Å². The maximum atomic E-state index is 13.2. The van der Waals surface area contributed by atoms with Gasteiger partial charge in [0.1, 0.15) is 17.1 Å². The average Bonchev–Trinajstić information content (AvgIpc) is 3.39. The molecule has 0 spiro atoms. The van der Waals surface area contributed by atoms with E-state index in [1.54, 1.807) is 29.5 Å². The average molecular weight is 584 g/mol. The van der Waals surface area contributed by atoms with Gasteiger partial charge in [-0.3, -0.25) is 14.4 Å². The van der Waals surface area contributed by atoms with Crippen LogP contribution in [0.1, 0.15) is 17.3 Å². The number of amides is 1. The molecule has 0 saturated carbocycles. The van der Waals surface area contributed by atoms with E-state index in [9.17, 15) is 17.6 Å². The number of nitrogens with one attached hydrogen (secondary N) is 2. The smallest absolute Gasteiger partial charge is 0.261 e. The van der Waals surface area contributed by atoms with Crippen molar-refractivity contribution in [3.05, 3.63) is 78.1 Å². The molecule has 0 radical (unpaired) electrons. The number of rotatable bonds is 10. The van der Waals surface area contributed by atoms with Gasteiger partial charge in [0.15, 0.2) is 5.13 Å². The maximum Gasteiger partial charge on any atom is 0.261 e. The molecule has 0 bridgehead atoms. The first-order valence-corrected chi connectivity index (χ1v) is 15.3. The minimum absolute atomic E-state index is 0.0674. The molecule has 1 fully saturated rings. The van der Waals surface area contributed by atoms with Gasteiger partial charge in [-0.25, -0.2) is 17.8 Å². The summed E-state index contributed by atoms with van der Waals surface area (Å²) >= 11 is 1.67. The van der Waals surface area contributed by atoms with Gasteiger partial charge in [0.05, 0.1) is 16.2 Å². The summed E-state index contributed by atoms with van der Waals surface area (Å²) < 4.78 is 47.6. The minimum Gasteiger partial charge on any atom is -0.492 e. The van der Waals surface area contributed by atoms with Crippen LogP contribution in [0.25, 0.3) is 10.2 Å². The molecule has 2 N–H and O–H groups in total. The largest absolute Gasteiger partial charge is 0.492 e. The minimum atomic E-state index is -3.91. The van der Waals surface area contributed by atoms with E-state index in [4.69, 9.17) is 9.72 Å². The number of hydrogen-bond donors (Lipinski definition) is 2. The molecule has 0 atom stereocenters. The number of aromatic nitrogens is 1. The SMILES string of the molecule is CCOc1cccc2sc(N3CCN(CCNC(=O)c4cccc(NS(=O)(=O)c5ccc(F)cc5)c4)CC3)nc12. The van der Waals surface area contributed by atoms with Gasteiger partial charge in [-0.05, 0) is 61.5 Å². The third kappa shape index (κ3) is 6.52. The molecule has 3 aromatic carbocycles. The Morgan fingerprint density at radius 3 is 2.55 bits per heavy atom. The number of halogens is 1. The number of fused-ring (bicyclic) bond motifs is 1. The molecule has 1 aromatic heterocycles. The predicted molar refractivity (Wildman–Crippen MR) is 155 cm³/mol. The summed E-state index contributed by atoms with van der Waals surface area (Å²) in [7, 11) is -3.91. The first-order chi connectivity index (χ1) is 19.3. The Bertz CT molecular complexity index is 1590. The van der Waals surface area contributed by atoms with Crippen molar-refractivity contribution in [2.24, 2.45) is 0 Å². The third-order valence-electron chi connectivity index (χ3n) is 6.53. The van der Waals surface area contributed by atoms with Gasteiger partial charge < -0.3 is 15.0 Å². The van der Waals surface area contributed by atoms with Crippen LogP contribution in [0.3, 0.4) is 0 Å². The van der Waals surface area contributed by atoms with E-state index in [-0.39, 0.29) is 16.5 Å². The van der Waals surface area contributed by atoms with E-state index in [0.717, 1.165) is 59.4 Å². The Hall–Kier alpha value is -3.74. The second kappa shape index (κ2) is 12.2. The molecule has 210 valence electrons. The van der Waals surface area contributed by atoms with Crippen molar-refractivity contribution in [2.45, 2.75) is 11.8 Å². The number of carbonyl (C=O) groups excluding carboxylic acids is 1. The number of benzene rings is 3. The highest BCUT2D eigenvalue weighted by atomic mass is 32.2.